The molecule has 0 saturated heterocycles. The van der Waals surface area contributed by atoms with Crippen LogP contribution in [0.4, 0.5) is 0 Å². The van der Waals surface area contributed by atoms with Crippen molar-refractivity contribution in [2.24, 2.45) is 0 Å². The van der Waals surface area contributed by atoms with Crippen LogP contribution in [0, 0.1) is 0 Å². The number of amides is 2. The molecule has 0 heterocycles. The third-order valence-electron chi connectivity index (χ3n) is 3.68. The molecule has 2 amide bonds. The molecule has 0 spiro atoms. The van der Waals surface area contributed by atoms with E-state index in [9.17, 15) is 9.59 Å². The molecule has 0 aliphatic heterocycles. The maximum atomic E-state index is 12.2. The molecular weight excluding hydrogens is 320 g/mol. The summed E-state index contributed by atoms with van der Waals surface area (Å²) in [6.45, 7) is 6.37. The van der Waals surface area contributed by atoms with E-state index < -0.39 is 6.04 Å². The summed E-state index contributed by atoms with van der Waals surface area (Å²) in [5, 5.41) is 5.63. The van der Waals surface area contributed by atoms with Crippen molar-refractivity contribution in [1.82, 2.24) is 10.6 Å². The minimum absolute atomic E-state index is 0.106. The van der Waals surface area contributed by atoms with Crippen molar-refractivity contribution in [1.29, 1.82) is 0 Å². The Morgan fingerprint density at radius 3 is 2.33 bits per heavy atom. The first-order valence-electron chi connectivity index (χ1n) is 8.83. The molecule has 0 aliphatic rings. The summed E-state index contributed by atoms with van der Waals surface area (Å²) >= 11 is 1.60. The summed E-state index contributed by atoms with van der Waals surface area (Å²) in [6, 6.07) is 7.98. The van der Waals surface area contributed by atoms with Gasteiger partial charge in [0.15, 0.2) is 0 Å². The van der Waals surface area contributed by atoms with Crippen LogP contribution in [-0.2, 0) is 16.0 Å². The second kappa shape index (κ2) is 12.0. The molecule has 1 aromatic rings. The molecule has 0 aliphatic carbocycles. The zero-order chi connectivity index (χ0) is 17.8. The van der Waals surface area contributed by atoms with E-state index in [4.69, 9.17) is 0 Å². The highest BCUT2D eigenvalue weighted by Crippen LogP contribution is 2.20. The fourth-order valence-corrected chi connectivity index (χ4v) is 3.17. The molecule has 0 fully saturated rings. The maximum Gasteiger partial charge on any atom is 0.243 e. The van der Waals surface area contributed by atoms with Crippen LogP contribution in [0.25, 0.3) is 0 Å². The van der Waals surface area contributed by atoms with Crippen molar-refractivity contribution in [2.45, 2.75) is 63.8 Å². The number of carbonyl (C=O) groups excluding carboxylic acids is 2. The minimum atomic E-state index is -0.496. The summed E-state index contributed by atoms with van der Waals surface area (Å²) in [4.78, 5) is 24.7. The number of hydrogen-bond donors (Lipinski definition) is 2. The Balaban J connectivity index is 2.53. The minimum Gasteiger partial charge on any atom is -0.354 e. The largest absolute Gasteiger partial charge is 0.354 e. The second-order valence-electron chi connectivity index (χ2n) is 5.96. The van der Waals surface area contributed by atoms with E-state index in [0.29, 0.717) is 12.3 Å². The zero-order valence-corrected chi connectivity index (χ0v) is 15.9. The Labute approximate surface area is 150 Å². The predicted molar refractivity (Wildman–Crippen MR) is 101 cm³/mol. The van der Waals surface area contributed by atoms with Gasteiger partial charge in [0, 0.05) is 24.1 Å². The summed E-state index contributed by atoms with van der Waals surface area (Å²) in [6.07, 6.45) is 5.49. The van der Waals surface area contributed by atoms with Crippen molar-refractivity contribution in [3.05, 3.63) is 29.8 Å². The maximum absolute atomic E-state index is 12.2. The van der Waals surface area contributed by atoms with Gasteiger partial charge in [-0.15, -0.1) is 11.8 Å². The lowest BCUT2D eigenvalue weighted by molar-refractivity contribution is -0.127. The van der Waals surface area contributed by atoms with Crippen LogP contribution in [0.2, 0.25) is 0 Å². The van der Waals surface area contributed by atoms with E-state index in [-0.39, 0.29) is 11.8 Å². The third-order valence-corrected chi connectivity index (χ3v) is 4.79. The van der Waals surface area contributed by atoms with Gasteiger partial charge in [0.05, 0.1) is 0 Å². The van der Waals surface area contributed by atoms with Crippen LogP contribution < -0.4 is 10.6 Å². The van der Waals surface area contributed by atoms with Gasteiger partial charge >= 0.3 is 0 Å². The summed E-state index contributed by atoms with van der Waals surface area (Å²) in [5.74, 6) is 0.248. The van der Waals surface area contributed by atoms with Gasteiger partial charge in [-0.25, -0.2) is 0 Å². The molecule has 2 N–H and O–H groups in total. The highest BCUT2D eigenvalue weighted by Gasteiger charge is 2.19. The van der Waals surface area contributed by atoms with Gasteiger partial charge in [-0.3, -0.25) is 9.59 Å². The predicted octanol–water partition coefficient (Wildman–Crippen LogP) is 3.54. The van der Waals surface area contributed by atoms with E-state index >= 15 is 0 Å². The number of unbranched alkanes of at least 4 members (excludes halogenated alkanes) is 2. The van der Waals surface area contributed by atoms with Gasteiger partial charge in [-0.2, -0.15) is 0 Å². The van der Waals surface area contributed by atoms with Crippen molar-refractivity contribution < 1.29 is 9.59 Å². The van der Waals surface area contributed by atoms with Gasteiger partial charge in [0.2, 0.25) is 11.8 Å². The first-order valence-corrected chi connectivity index (χ1v) is 9.81. The number of benzene rings is 1. The van der Waals surface area contributed by atoms with Crippen molar-refractivity contribution >= 4 is 23.6 Å². The van der Waals surface area contributed by atoms with Gasteiger partial charge in [0.1, 0.15) is 6.04 Å². The molecule has 0 radical (unpaired) electrons. The van der Waals surface area contributed by atoms with Gasteiger partial charge < -0.3 is 10.6 Å². The van der Waals surface area contributed by atoms with Gasteiger partial charge in [-0.05, 0) is 37.0 Å². The Hall–Kier alpha value is -1.49. The van der Waals surface area contributed by atoms with Crippen molar-refractivity contribution in [3.63, 3.8) is 0 Å². The van der Waals surface area contributed by atoms with Crippen LogP contribution in [0.15, 0.2) is 29.2 Å². The van der Waals surface area contributed by atoms with Crippen LogP contribution >= 0.6 is 11.8 Å². The third kappa shape index (κ3) is 8.39. The lowest BCUT2D eigenvalue weighted by atomic mass is 10.1. The van der Waals surface area contributed by atoms with E-state index in [1.54, 1.807) is 11.8 Å². The molecule has 1 unspecified atom stereocenters. The Bertz CT molecular complexity index is 503. The zero-order valence-electron chi connectivity index (χ0n) is 15.1. The molecule has 0 aromatic heterocycles. The first-order chi connectivity index (χ1) is 11.6. The molecule has 0 saturated carbocycles. The van der Waals surface area contributed by atoms with Crippen LogP contribution in [0.5, 0.6) is 0 Å². The number of carbonyl (C=O) groups is 2. The molecule has 1 aromatic carbocycles. The van der Waals surface area contributed by atoms with Crippen LogP contribution in [0.1, 0.15) is 52.0 Å². The first kappa shape index (κ1) is 20.6. The average molecular weight is 351 g/mol. The highest BCUT2D eigenvalue weighted by molar-refractivity contribution is 7.99. The van der Waals surface area contributed by atoms with Crippen LogP contribution in [-0.4, -0.2) is 30.2 Å². The molecule has 1 rings (SSSR count). The van der Waals surface area contributed by atoms with E-state index in [2.05, 4.69) is 48.7 Å². The number of nitrogens with one attached hydrogen (secondary N) is 2. The molecule has 134 valence electrons. The smallest absolute Gasteiger partial charge is 0.243 e. The topological polar surface area (TPSA) is 58.2 Å². The quantitative estimate of drug-likeness (QED) is 0.474. The van der Waals surface area contributed by atoms with E-state index in [1.807, 2.05) is 0 Å². The highest BCUT2D eigenvalue weighted by atomic mass is 32.2. The fourth-order valence-electron chi connectivity index (χ4n) is 2.25. The molecule has 1 atom stereocenters. The standard InChI is InChI=1S/C19H30N2O2S/c1-4-6-8-16-9-11-17(12-10-16)24-14-18(21-15(3)22)19(23)20-13-7-5-2/h9-12,18H,4-8,13-14H2,1-3H3,(H,20,23)(H,21,22). The number of rotatable bonds is 11. The SMILES string of the molecule is CCCCNC(=O)C(CSc1ccc(CCCC)cc1)NC(C)=O. The van der Waals surface area contributed by atoms with Gasteiger partial charge in [-0.1, -0.05) is 38.8 Å². The number of hydrogen-bond acceptors (Lipinski definition) is 3. The number of aryl methyl sites for hydroxylation is 1. The molecule has 24 heavy (non-hydrogen) atoms. The summed E-state index contributed by atoms with van der Waals surface area (Å²) in [5.41, 5.74) is 1.34. The Morgan fingerprint density at radius 2 is 1.75 bits per heavy atom. The Morgan fingerprint density at radius 1 is 1.08 bits per heavy atom. The molecule has 4 nitrogen and oxygen atoms in total. The monoisotopic (exact) mass is 350 g/mol. The lowest BCUT2D eigenvalue weighted by Gasteiger charge is -2.17. The fraction of sp³-hybridized carbons (Fsp3) is 0.579. The molecular formula is C19H30N2O2S. The van der Waals surface area contributed by atoms with Crippen molar-refractivity contribution in [3.8, 4) is 0 Å². The molecule has 5 heteroatoms. The number of thioether (sulfide) groups is 1. The van der Waals surface area contributed by atoms with E-state index in [1.165, 1.54) is 25.3 Å². The molecule has 0 bridgehead atoms. The van der Waals surface area contributed by atoms with Crippen LogP contribution in [0.3, 0.4) is 0 Å². The lowest BCUT2D eigenvalue weighted by Crippen LogP contribution is -2.47. The Kier molecular flexibility index (Phi) is 10.2. The van der Waals surface area contributed by atoms with Gasteiger partial charge in [0.25, 0.3) is 0 Å². The normalized spacial score (nSPS) is 11.8. The summed E-state index contributed by atoms with van der Waals surface area (Å²) in [7, 11) is 0. The second-order valence-corrected chi connectivity index (χ2v) is 7.05. The average Bonchev–Trinajstić information content (AvgIpc) is 2.57. The van der Waals surface area contributed by atoms with Crippen molar-refractivity contribution in [2.75, 3.05) is 12.3 Å². The van der Waals surface area contributed by atoms with E-state index in [0.717, 1.165) is 24.2 Å². The summed E-state index contributed by atoms with van der Waals surface area (Å²) < 4.78 is 0.